The average Bonchev–Trinajstić information content (AvgIpc) is 2.69. The Balaban J connectivity index is 0.00000100. The standard InChI is InChI=1S/C18H19N3S.C2H6/c1-22-17-12-15(14-6-3-2-4-7-14)8-9-16(17)18-20-10-5-11-21(18)13-19;1-2/h2-4,6-9,12-13,19H,5,10-11H2,1H3;1-2H3. The largest absolute Gasteiger partial charge is 0.317 e. The maximum absolute atomic E-state index is 7.59. The van der Waals surface area contributed by atoms with Gasteiger partial charge in [-0.25, -0.2) is 0 Å². The summed E-state index contributed by atoms with van der Waals surface area (Å²) in [6, 6.07) is 16.9. The van der Waals surface area contributed by atoms with E-state index < -0.39 is 0 Å². The topological polar surface area (TPSA) is 39.5 Å². The Morgan fingerprint density at radius 1 is 1.08 bits per heavy atom. The van der Waals surface area contributed by atoms with Crippen molar-refractivity contribution in [2.45, 2.75) is 25.2 Å². The van der Waals surface area contributed by atoms with Crippen LogP contribution in [0, 0.1) is 5.41 Å². The van der Waals surface area contributed by atoms with E-state index >= 15 is 0 Å². The minimum absolute atomic E-state index is 0.841. The molecular weight excluding hydrogens is 314 g/mol. The molecule has 0 unspecified atom stereocenters. The van der Waals surface area contributed by atoms with Crippen LogP contribution in [0.2, 0.25) is 0 Å². The number of amidine groups is 1. The lowest BCUT2D eigenvalue weighted by Gasteiger charge is -2.26. The van der Waals surface area contributed by atoms with E-state index in [2.05, 4.69) is 53.7 Å². The van der Waals surface area contributed by atoms with Gasteiger partial charge in [0.1, 0.15) is 5.84 Å². The molecule has 126 valence electrons. The lowest BCUT2D eigenvalue weighted by molar-refractivity contribution is 0.558. The third-order valence-corrected chi connectivity index (χ3v) is 4.57. The van der Waals surface area contributed by atoms with Gasteiger partial charge in [-0.15, -0.1) is 11.8 Å². The molecule has 3 rings (SSSR count). The van der Waals surface area contributed by atoms with Crippen molar-refractivity contribution in [2.75, 3.05) is 19.3 Å². The molecule has 0 fully saturated rings. The van der Waals surface area contributed by atoms with Crippen molar-refractivity contribution in [3.63, 3.8) is 0 Å². The fraction of sp³-hybridized carbons (Fsp3) is 0.300. The van der Waals surface area contributed by atoms with Gasteiger partial charge in [-0.3, -0.25) is 10.4 Å². The summed E-state index contributed by atoms with van der Waals surface area (Å²) in [5.41, 5.74) is 3.56. The zero-order chi connectivity index (χ0) is 17.4. The van der Waals surface area contributed by atoms with Crippen molar-refractivity contribution in [3.8, 4) is 11.1 Å². The van der Waals surface area contributed by atoms with E-state index in [-0.39, 0.29) is 0 Å². The number of rotatable bonds is 4. The van der Waals surface area contributed by atoms with Crippen LogP contribution in [0.15, 0.2) is 58.4 Å². The smallest absolute Gasteiger partial charge is 0.137 e. The number of hydrogen-bond acceptors (Lipinski definition) is 3. The van der Waals surface area contributed by atoms with Crippen molar-refractivity contribution < 1.29 is 0 Å². The van der Waals surface area contributed by atoms with Crippen LogP contribution in [0.25, 0.3) is 11.1 Å². The summed E-state index contributed by atoms with van der Waals surface area (Å²) in [5.74, 6) is 0.921. The maximum Gasteiger partial charge on any atom is 0.137 e. The second kappa shape index (κ2) is 9.28. The van der Waals surface area contributed by atoms with Gasteiger partial charge < -0.3 is 4.90 Å². The van der Waals surface area contributed by atoms with Gasteiger partial charge in [0.2, 0.25) is 0 Å². The van der Waals surface area contributed by atoms with Crippen molar-refractivity contribution in [2.24, 2.45) is 4.99 Å². The molecule has 0 atom stereocenters. The molecule has 0 aliphatic carbocycles. The van der Waals surface area contributed by atoms with Crippen molar-refractivity contribution in [3.05, 3.63) is 54.1 Å². The summed E-state index contributed by atoms with van der Waals surface area (Å²) in [6.07, 6.45) is 4.48. The zero-order valence-electron chi connectivity index (χ0n) is 14.6. The van der Waals surface area contributed by atoms with E-state index in [1.807, 2.05) is 24.8 Å². The average molecular weight is 340 g/mol. The zero-order valence-corrected chi connectivity index (χ0v) is 15.4. The number of benzene rings is 2. The van der Waals surface area contributed by atoms with E-state index in [4.69, 9.17) is 5.41 Å². The summed E-state index contributed by atoms with van der Waals surface area (Å²) in [4.78, 5) is 7.77. The molecule has 0 aromatic heterocycles. The predicted molar refractivity (Wildman–Crippen MR) is 107 cm³/mol. The Bertz CT molecular complexity index is 695. The van der Waals surface area contributed by atoms with Crippen molar-refractivity contribution in [1.82, 2.24) is 4.90 Å². The molecule has 4 heteroatoms. The first-order valence-electron chi connectivity index (χ1n) is 8.39. The lowest BCUT2D eigenvalue weighted by atomic mass is 10.0. The van der Waals surface area contributed by atoms with Crippen LogP contribution in [0.1, 0.15) is 25.8 Å². The Hall–Kier alpha value is -2.07. The fourth-order valence-corrected chi connectivity index (χ4v) is 3.30. The molecule has 0 amide bonds. The van der Waals surface area contributed by atoms with Crippen molar-refractivity contribution in [1.29, 1.82) is 5.41 Å². The molecular formula is C20H25N3S. The van der Waals surface area contributed by atoms with E-state index in [9.17, 15) is 0 Å². The Labute approximate surface area is 149 Å². The van der Waals surface area contributed by atoms with E-state index in [0.29, 0.717) is 0 Å². The monoisotopic (exact) mass is 339 g/mol. The molecule has 0 spiro atoms. The normalized spacial score (nSPS) is 13.6. The van der Waals surface area contributed by atoms with Crippen LogP contribution in [0.4, 0.5) is 0 Å². The van der Waals surface area contributed by atoms with Crippen LogP contribution < -0.4 is 0 Å². The quantitative estimate of drug-likeness (QED) is 0.475. The van der Waals surface area contributed by atoms with Crippen LogP contribution >= 0.6 is 11.8 Å². The predicted octanol–water partition coefficient (Wildman–Crippen LogP) is 5.16. The molecule has 0 saturated heterocycles. The molecule has 2 aromatic carbocycles. The molecule has 1 heterocycles. The molecule has 1 N–H and O–H groups in total. The Morgan fingerprint density at radius 2 is 1.83 bits per heavy atom. The third kappa shape index (κ3) is 4.06. The van der Waals surface area contributed by atoms with Gasteiger partial charge in [0.25, 0.3) is 0 Å². The van der Waals surface area contributed by atoms with Gasteiger partial charge in [0.05, 0.1) is 6.34 Å². The first-order valence-corrected chi connectivity index (χ1v) is 9.61. The molecule has 0 bridgehead atoms. The third-order valence-electron chi connectivity index (χ3n) is 3.80. The molecule has 1 aliphatic heterocycles. The van der Waals surface area contributed by atoms with Gasteiger partial charge >= 0.3 is 0 Å². The summed E-state index contributed by atoms with van der Waals surface area (Å²) in [7, 11) is 0. The Morgan fingerprint density at radius 3 is 2.50 bits per heavy atom. The molecule has 24 heavy (non-hydrogen) atoms. The Kier molecular flexibility index (Phi) is 7.07. The first-order chi connectivity index (χ1) is 11.8. The van der Waals surface area contributed by atoms with Crippen LogP contribution in [0.5, 0.6) is 0 Å². The van der Waals surface area contributed by atoms with Crippen molar-refractivity contribution >= 4 is 23.9 Å². The lowest BCUT2D eigenvalue weighted by Crippen LogP contribution is -2.35. The summed E-state index contributed by atoms with van der Waals surface area (Å²) >= 11 is 1.73. The SMILES string of the molecule is CC.CSc1cc(-c2ccccc2)ccc1C1=NCCCN1C=N. The number of nitrogens with one attached hydrogen (secondary N) is 1. The van der Waals surface area contributed by atoms with Crippen LogP contribution in [-0.2, 0) is 0 Å². The fourth-order valence-electron chi connectivity index (χ4n) is 2.67. The molecule has 0 saturated carbocycles. The first kappa shape index (κ1) is 18.3. The van der Waals surface area contributed by atoms with E-state index in [0.717, 1.165) is 30.9 Å². The van der Waals surface area contributed by atoms with Gasteiger partial charge in [0.15, 0.2) is 0 Å². The van der Waals surface area contributed by atoms with E-state index in [1.54, 1.807) is 11.8 Å². The highest BCUT2D eigenvalue weighted by Gasteiger charge is 2.18. The highest BCUT2D eigenvalue weighted by Crippen LogP contribution is 2.29. The molecule has 3 nitrogen and oxygen atoms in total. The van der Waals surface area contributed by atoms with E-state index in [1.165, 1.54) is 22.4 Å². The highest BCUT2D eigenvalue weighted by molar-refractivity contribution is 7.98. The summed E-state index contributed by atoms with van der Waals surface area (Å²) in [6.45, 7) is 5.71. The highest BCUT2D eigenvalue weighted by atomic mass is 32.2. The molecule has 1 aliphatic rings. The minimum atomic E-state index is 0.841. The van der Waals surface area contributed by atoms with Crippen LogP contribution in [-0.4, -0.2) is 36.4 Å². The maximum atomic E-state index is 7.59. The summed E-state index contributed by atoms with van der Waals surface area (Å²) in [5, 5.41) is 7.59. The second-order valence-corrected chi connectivity index (χ2v) is 6.01. The minimum Gasteiger partial charge on any atom is -0.317 e. The number of hydrogen-bond donors (Lipinski definition) is 1. The van der Waals surface area contributed by atoms with Gasteiger partial charge in [-0.1, -0.05) is 50.2 Å². The number of nitrogens with zero attached hydrogens (tertiary/aromatic N) is 2. The second-order valence-electron chi connectivity index (χ2n) is 5.16. The molecule has 2 aromatic rings. The molecule has 0 radical (unpaired) electrons. The van der Waals surface area contributed by atoms with Gasteiger partial charge in [0, 0.05) is 23.5 Å². The van der Waals surface area contributed by atoms with Crippen LogP contribution in [0.3, 0.4) is 0 Å². The van der Waals surface area contributed by atoms with Gasteiger partial charge in [-0.05, 0) is 35.9 Å². The summed E-state index contributed by atoms with van der Waals surface area (Å²) < 4.78 is 0. The number of aliphatic imine (C=N–C) groups is 1. The number of thioether (sulfide) groups is 1. The van der Waals surface area contributed by atoms with Gasteiger partial charge in [-0.2, -0.15) is 0 Å².